The number of carbonyl (C=O) groups excluding carboxylic acids is 1. The molecule has 0 atom stereocenters. The molecule has 3 rings (SSSR count). The van der Waals surface area contributed by atoms with Crippen LogP contribution in [0.2, 0.25) is 5.02 Å². The molecule has 6 heteroatoms. The van der Waals surface area contributed by atoms with Crippen LogP contribution in [0.4, 0.5) is 11.4 Å². The maximum absolute atomic E-state index is 12.4. The first kappa shape index (κ1) is 15.8. The van der Waals surface area contributed by atoms with Crippen molar-refractivity contribution >= 4 is 28.9 Å². The van der Waals surface area contributed by atoms with E-state index in [4.69, 9.17) is 16.3 Å². The van der Waals surface area contributed by atoms with Crippen LogP contribution in [-0.2, 0) is 4.74 Å². The molecule has 120 valence electrons. The third kappa shape index (κ3) is 3.81. The lowest BCUT2D eigenvalue weighted by Gasteiger charge is -2.28. The smallest absolute Gasteiger partial charge is 0.257 e. The van der Waals surface area contributed by atoms with Crippen LogP contribution in [0.25, 0.3) is 0 Å². The molecular weight excluding hydrogens is 314 g/mol. The van der Waals surface area contributed by atoms with Crippen LogP contribution >= 0.6 is 11.6 Å². The van der Waals surface area contributed by atoms with Gasteiger partial charge in [-0.3, -0.25) is 9.78 Å². The highest BCUT2D eigenvalue weighted by Gasteiger charge is 2.14. The second-order valence-corrected chi connectivity index (χ2v) is 5.86. The largest absolute Gasteiger partial charge is 0.378 e. The minimum absolute atomic E-state index is 0.201. The fourth-order valence-corrected chi connectivity index (χ4v) is 2.60. The molecule has 0 aliphatic carbocycles. The first-order valence-corrected chi connectivity index (χ1v) is 7.86. The van der Waals surface area contributed by atoms with Crippen molar-refractivity contribution < 1.29 is 9.53 Å². The van der Waals surface area contributed by atoms with Gasteiger partial charge in [0.1, 0.15) is 0 Å². The molecule has 2 heterocycles. The van der Waals surface area contributed by atoms with Gasteiger partial charge in [-0.25, -0.2) is 0 Å². The highest BCUT2D eigenvalue weighted by molar-refractivity contribution is 6.31. The lowest BCUT2D eigenvalue weighted by Crippen LogP contribution is -2.36. The van der Waals surface area contributed by atoms with Crippen LogP contribution in [0.1, 0.15) is 15.9 Å². The number of carbonyl (C=O) groups is 1. The Morgan fingerprint density at radius 2 is 2.04 bits per heavy atom. The quantitative estimate of drug-likeness (QED) is 0.938. The number of morpholine rings is 1. The molecule has 1 amide bonds. The lowest BCUT2D eigenvalue weighted by molar-refractivity contribution is 0.102. The summed E-state index contributed by atoms with van der Waals surface area (Å²) in [6.07, 6.45) is 3.33. The molecule has 0 radical (unpaired) electrons. The van der Waals surface area contributed by atoms with E-state index >= 15 is 0 Å². The number of rotatable bonds is 3. The van der Waals surface area contributed by atoms with Gasteiger partial charge in [0.25, 0.3) is 5.91 Å². The monoisotopic (exact) mass is 331 g/mol. The number of nitrogens with zero attached hydrogens (tertiary/aromatic N) is 2. The summed E-state index contributed by atoms with van der Waals surface area (Å²) in [5, 5.41) is 3.48. The summed E-state index contributed by atoms with van der Waals surface area (Å²) in [5.74, 6) is -0.201. The van der Waals surface area contributed by atoms with Crippen LogP contribution in [0.15, 0.2) is 36.7 Å². The third-order valence-corrected chi connectivity index (χ3v) is 4.20. The first-order chi connectivity index (χ1) is 11.1. The molecule has 2 aromatic rings. The molecule has 1 N–H and O–H groups in total. The molecule has 5 nitrogen and oxygen atoms in total. The van der Waals surface area contributed by atoms with Crippen LogP contribution in [0.5, 0.6) is 0 Å². The zero-order chi connectivity index (χ0) is 16.2. The number of amides is 1. The van der Waals surface area contributed by atoms with Crippen molar-refractivity contribution in [2.24, 2.45) is 0 Å². The Bertz CT molecular complexity index is 715. The van der Waals surface area contributed by atoms with Crippen molar-refractivity contribution in [1.82, 2.24) is 4.98 Å². The topological polar surface area (TPSA) is 54.5 Å². The summed E-state index contributed by atoms with van der Waals surface area (Å²) >= 11 is 6.09. The molecule has 1 aromatic carbocycles. The molecule has 0 unspecified atom stereocenters. The standard InChI is InChI=1S/C17H18ClN3O2/c1-12-2-3-14(9-16(12)18)20-17(22)13-8-15(11-19-10-13)21-4-6-23-7-5-21/h2-3,8-11H,4-7H2,1H3,(H,20,22). The Morgan fingerprint density at radius 3 is 2.78 bits per heavy atom. The van der Waals surface area contributed by atoms with E-state index in [1.165, 1.54) is 0 Å². The van der Waals surface area contributed by atoms with E-state index in [9.17, 15) is 4.79 Å². The van der Waals surface area contributed by atoms with Gasteiger partial charge in [-0.15, -0.1) is 0 Å². The van der Waals surface area contributed by atoms with Crippen molar-refractivity contribution in [3.05, 3.63) is 52.8 Å². The zero-order valence-corrected chi connectivity index (χ0v) is 13.6. The molecule has 1 fully saturated rings. The van der Waals surface area contributed by atoms with Crippen molar-refractivity contribution in [3.8, 4) is 0 Å². The summed E-state index contributed by atoms with van der Waals surface area (Å²) in [6.45, 7) is 4.92. The summed E-state index contributed by atoms with van der Waals surface area (Å²) in [7, 11) is 0. The zero-order valence-electron chi connectivity index (χ0n) is 12.9. The third-order valence-electron chi connectivity index (χ3n) is 3.79. The van der Waals surface area contributed by atoms with E-state index in [0.29, 0.717) is 29.5 Å². The van der Waals surface area contributed by atoms with Gasteiger partial charge in [-0.1, -0.05) is 17.7 Å². The van der Waals surface area contributed by atoms with E-state index in [1.807, 2.05) is 25.1 Å². The van der Waals surface area contributed by atoms with Crippen LogP contribution in [0.3, 0.4) is 0 Å². The number of aryl methyl sites for hydroxylation is 1. The summed E-state index contributed by atoms with van der Waals surface area (Å²) in [6, 6.07) is 7.30. The number of benzene rings is 1. The van der Waals surface area contributed by atoms with E-state index < -0.39 is 0 Å². The number of pyridine rings is 1. The number of ether oxygens (including phenoxy) is 1. The predicted molar refractivity (Wildman–Crippen MR) is 91.4 cm³/mol. The summed E-state index contributed by atoms with van der Waals surface area (Å²) in [5.41, 5.74) is 3.09. The van der Waals surface area contributed by atoms with Gasteiger partial charge in [0, 0.05) is 30.0 Å². The van der Waals surface area contributed by atoms with Crippen molar-refractivity contribution in [2.45, 2.75) is 6.92 Å². The SMILES string of the molecule is Cc1ccc(NC(=O)c2cncc(N3CCOCC3)c2)cc1Cl. The second kappa shape index (κ2) is 6.98. The summed E-state index contributed by atoms with van der Waals surface area (Å²) in [4.78, 5) is 18.8. The Hall–Kier alpha value is -2.11. The number of halogens is 1. The minimum atomic E-state index is -0.201. The van der Waals surface area contributed by atoms with Crippen molar-refractivity contribution in [1.29, 1.82) is 0 Å². The summed E-state index contributed by atoms with van der Waals surface area (Å²) < 4.78 is 5.34. The van der Waals surface area contributed by atoms with Gasteiger partial charge < -0.3 is 15.0 Å². The van der Waals surface area contributed by atoms with Gasteiger partial charge in [-0.2, -0.15) is 0 Å². The maximum Gasteiger partial charge on any atom is 0.257 e. The lowest BCUT2D eigenvalue weighted by atomic mass is 10.2. The first-order valence-electron chi connectivity index (χ1n) is 7.49. The Kier molecular flexibility index (Phi) is 4.79. The van der Waals surface area contributed by atoms with E-state index in [2.05, 4.69) is 15.2 Å². The Morgan fingerprint density at radius 1 is 1.26 bits per heavy atom. The van der Waals surface area contributed by atoms with Crippen LogP contribution < -0.4 is 10.2 Å². The molecule has 1 saturated heterocycles. The van der Waals surface area contributed by atoms with Gasteiger partial charge >= 0.3 is 0 Å². The van der Waals surface area contributed by atoms with Crippen LogP contribution in [0, 0.1) is 6.92 Å². The van der Waals surface area contributed by atoms with E-state index in [-0.39, 0.29) is 5.91 Å². The van der Waals surface area contributed by atoms with Crippen molar-refractivity contribution in [3.63, 3.8) is 0 Å². The van der Waals surface area contributed by atoms with Crippen LogP contribution in [-0.4, -0.2) is 37.2 Å². The molecule has 1 aliphatic rings. The van der Waals surface area contributed by atoms with Gasteiger partial charge in [0.05, 0.1) is 30.7 Å². The van der Waals surface area contributed by atoms with E-state index in [0.717, 1.165) is 24.3 Å². The average Bonchev–Trinajstić information content (AvgIpc) is 2.59. The molecule has 1 aromatic heterocycles. The fraction of sp³-hybridized carbons (Fsp3) is 0.294. The number of hydrogen-bond donors (Lipinski definition) is 1. The Labute approximate surface area is 140 Å². The second-order valence-electron chi connectivity index (χ2n) is 5.45. The van der Waals surface area contributed by atoms with Crippen molar-refractivity contribution in [2.75, 3.05) is 36.5 Å². The van der Waals surface area contributed by atoms with Gasteiger partial charge in [0.15, 0.2) is 0 Å². The maximum atomic E-state index is 12.4. The van der Waals surface area contributed by atoms with E-state index in [1.54, 1.807) is 18.5 Å². The predicted octanol–water partition coefficient (Wildman–Crippen LogP) is 3.13. The number of nitrogens with one attached hydrogen (secondary N) is 1. The Balaban J connectivity index is 1.75. The molecule has 0 bridgehead atoms. The fourth-order valence-electron chi connectivity index (χ4n) is 2.42. The minimum Gasteiger partial charge on any atom is -0.378 e. The average molecular weight is 332 g/mol. The number of anilines is 2. The van der Waals surface area contributed by atoms with Gasteiger partial charge in [-0.05, 0) is 30.7 Å². The molecule has 0 spiro atoms. The molecule has 23 heavy (non-hydrogen) atoms. The molecule has 0 saturated carbocycles. The highest BCUT2D eigenvalue weighted by Crippen LogP contribution is 2.21. The molecular formula is C17H18ClN3O2. The number of hydrogen-bond acceptors (Lipinski definition) is 4. The molecule has 1 aliphatic heterocycles. The van der Waals surface area contributed by atoms with Gasteiger partial charge in [0.2, 0.25) is 0 Å². The number of aromatic nitrogens is 1. The highest BCUT2D eigenvalue weighted by atomic mass is 35.5. The normalized spacial score (nSPS) is 14.6.